The minimum Gasteiger partial charge on any atom is -0.207 e. The summed E-state index contributed by atoms with van der Waals surface area (Å²) in [5.74, 6) is 0. The first kappa shape index (κ1) is 11.8. The predicted molar refractivity (Wildman–Crippen MR) is 59.9 cm³/mol. The molecule has 0 atom stereocenters. The molecular formula is C6H2Br2Cl2O2S. The van der Waals surface area contributed by atoms with Crippen molar-refractivity contribution in [3.05, 3.63) is 26.1 Å². The number of halogens is 4. The molecule has 0 aliphatic rings. The molecule has 1 aromatic rings. The maximum Gasteiger partial charge on any atom is 0.262 e. The van der Waals surface area contributed by atoms with Crippen LogP contribution in [0.5, 0.6) is 0 Å². The van der Waals surface area contributed by atoms with Crippen molar-refractivity contribution in [1.29, 1.82) is 0 Å². The zero-order valence-corrected chi connectivity index (χ0v) is 11.4. The summed E-state index contributed by atoms with van der Waals surface area (Å²) in [6.45, 7) is 0. The normalized spacial score (nSPS) is 11.7. The Labute approximate surface area is 102 Å². The van der Waals surface area contributed by atoms with Gasteiger partial charge in [-0.25, -0.2) is 8.42 Å². The van der Waals surface area contributed by atoms with Crippen LogP contribution in [0.25, 0.3) is 0 Å². The molecule has 0 saturated carbocycles. The third-order valence-electron chi connectivity index (χ3n) is 1.26. The van der Waals surface area contributed by atoms with E-state index < -0.39 is 9.05 Å². The van der Waals surface area contributed by atoms with Gasteiger partial charge in [0.2, 0.25) is 0 Å². The van der Waals surface area contributed by atoms with Crippen LogP contribution in [0.3, 0.4) is 0 Å². The largest absolute Gasteiger partial charge is 0.262 e. The minimum atomic E-state index is -3.74. The summed E-state index contributed by atoms with van der Waals surface area (Å²) in [6.07, 6.45) is 0. The Bertz CT molecular complexity index is 444. The van der Waals surface area contributed by atoms with Crippen molar-refractivity contribution in [2.24, 2.45) is 0 Å². The van der Waals surface area contributed by atoms with Crippen LogP contribution in [0.4, 0.5) is 0 Å². The van der Waals surface area contributed by atoms with Gasteiger partial charge in [-0.1, -0.05) is 11.6 Å². The Morgan fingerprint density at radius 2 is 1.69 bits per heavy atom. The van der Waals surface area contributed by atoms with Gasteiger partial charge in [-0.3, -0.25) is 0 Å². The van der Waals surface area contributed by atoms with Crippen LogP contribution in [0.1, 0.15) is 0 Å². The molecule has 0 bridgehead atoms. The lowest BCUT2D eigenvalue weighted by Gasteiger charge is -2.03. The lowest BCUT2D eigenvalue weighted by molar-refractivity contribution is 0.609. The third kappa shape index (κ3) is 2.59. The zero-order valence-electron chi connectivity index (χ0n) is 5.89. The lowest BCUT2D eigenvalue weighted by Crippen LogP contribution is -1.92. The van der Waals surface area contributed by atoms with Gasteiger partial charge in [0.05, 0.1) is 18.9 Å². The first-order chi connectivity index (χ1) is 5.84. The molecule has 0 N–H and O–H groups in total. The zero-order chi connectivity index (χ0) is 10.2. The molecule has 0 aliphatic heterocycles. The SMILES string of the molecule is O=S(=O)(Cl)c1ccc(Cl)c(Br)c1Br. The average Bonchev–Trinajstić information content (AvgIpc) is 1.98. The van der Waals surface area contributed by atoms with E-state index in [1.54, 1.807) is 0 Å². The molecule has 0 saturated heterocycles. The molecule has 13 heavy (non-hydrogen) atoms. The van der Waals surface area contributed by atoms with E-state index >= 15 is 0 Å². The van der Waals surface area contributed by atoms with Gasteiger partial charge in [0.1, 0.15) is 0 Å². The summed E-state index contributed by atoms with van der Waals surface area (Å²) in [5.41, 5.74) is 0. The fourth-order valence-corrected chi connectivity index (χ4v) is 3.64. The molecule has 0 unspecified atom stereocenters. The maximum absolute atomic E-state index is 11.0. The molecule has 0 heterocycles. The highest BCUT2D eigenvalue weighted by Gasteiger charge is 2.17. The fourth-order valence-electron chi connectivity index (χ4n) is 0.696. The summed E-state index contributed by atoms with van der Waals surface area (Å²) >= 11 is 11.9. The van der Waals surface area contributed by atoms with E-state index in [0.717, 1.165) is 0 Å². The second-order valence-electron chi connectivity index (χ2n) is 2.11. The van der Waals surface area contributed by atoms with E-state index in [1.165, 1.54) is 12.1 Å². The quantitative estimate of drug-likeness (QED) is 0.558. The van der Waals surface area contributed by atoms with Gasteiger partial charge in [-0.15, -0.1) is 0 Å². The van der Waals surface area contributed by atoms with Crippen LogP contribution in [0.2, 0.25) is 5.02 Å². The summed E-state index contributed by atoms with van der Waals surface area (Å²) in [6, 6.07) is 2.78. The third-order valence-corrected chi connectivity index (χ3v) is 5.61. The molecule has 0 amide bonds. The van der Waals surface area contributed by atoms with Crippen molar-refractivity contribution in [2.75, 3.05) is 0 Å². The minimum absolute atomic E-state index is 0.00885. The van der Waals surface area contributed by atoms with Crippen LogP contribution >= 0.6 is 54.1 Å². The summed E-state index contributed by atoms with van der Waals surface area (Å²) in [4.78, 5) is -0.00885. The highest BCUT2D eigenvalue weighted by molar-refractivity contribution is 9.13. The van der Waals surface area contributed by atoms with Crippen LogP contribution < -0.4 is 0 Å². The van der Waals surface area contributed by atoms with Gasteiger partial charge in [-0.05, 0) is 44.0 Å². The molecule has 7 heteroatoms. The van der Waals surface area contributed by atoms with Crippen molar-refractivity contribution in [3.63, 3.8) is 0 Å². The van der Waals surface area contributed by atoms with Gasteiger partial charge < -0.3 is 0 Å². The van der Waals surface area contributed by atoms with Crippen LogP contribution in [-0.2, 0) is 9.05 Å². The summed E-state index contributed by atoms with van der Waals surface area (Å²) < 4.78 is 22.8. The Kier molecular flexibility index (Phi) is 3.68. The van der Waals surface area contributed by atoms with E-state index in [2.05, 4.69) is 31.9 Å². The number of benzene rings is 1. The van der Waals surface area contributed by atoms with Crippen LogP contribution in [0.15, 0.2) is 26.0 Å². The Morgan fingerprint density at radius 1 is 1.15 bits per heavy atom. The second kappa shape index (κ2) is 4.06. The maximum atomic E-state index is 11.0. The molecule has 72 valence electrons. The van der Waals surface area contributed by atoms with Gasteiger partial charge in [0.25, 0.3) is 9.05 Å². The monoisotopic (exact) mass is 366 g/mol. The van der Waals surface area contributed by atoms with Gasteiger partial charge in [0, 0.05) is 10.7 Å². The van der Waals surface area contributed by atoms with Gasteiger partial charge >= 0.3 is 0 Å². The Morgan fingerprint density at radius 3 is 2.15 bits per heavy atom. The second-order valence-corrected chi connectivity index (χ2v) is 6.64. The molecule has 0 aliphatic carbocycles. The summed E-state index contributed by atoms with van der Waals surface area (Å²) in [7, 11) is 1.43. The van der Waals surface area contributed by atoms with Crippen molar-refractivity contribution in [2.45, 2.75) is 4.90 Å². The first-order valence-electron chi connectivity index (χ1n) is 2.92. The predicted octanol–water partition coefficient (Wildman–Crippen LogP) is 3.79. The van der Waals surface area contributed by atoms with E-state index in [0.29, 0.717) is 14.0 Å². The van der Waals surface area contributed by atoms with Crippen LogP contribution in [0, 0.1) is 0 Å². The molecule has 1 rings (SSSR count). The Hall–Kier alpha value is 0.710. The molecule has 0 aromatic heterocycles. The molecule has 0 radical (unpaired) electrons. The van der Waals surface area contributed by atoms with Crippen molar-refractivity contribution in [3.8, 4) is 0 Å². The van der Waals surface area contributed by atoms with E-state index in [9.17, 15) is 8.42 Å². The highest BCUT2D eigenvalue weighted by Crippen LogP contribution is 2.36. The fraction of sp³-hybridized carbons (Fsp3) is 0. The Balaban J connectivity index is 3.53. The van der Waals surface area contributed by atoms with Crippen molar-refractivity contribution >= 4 is 63.2 Å². The highest BCUT2D eigenvalue weighted by atomic mass is 79.9. The van der Waals surface area contributed by atoms with E-state index in [4.69, 9.17) is 22.3 Å². The van der Waals surface area contributed by atoms with Crippen molar-refractivity contribution < 1.29 is 8.42 Å². The molecule has 2 nitrogen and oxygen atoms in total. The molecular weight excluding hydrogens is 367 g/mol. The molecule has 0 spiro atoms. The number of rotatable bonds is 1. The number of hydrogen-bond acceptors (Lipinski definition) is 2. The van der Waals surface area contributed by atoms with Gasteiger partial charge in [0.15, 0.2) is 0 Å². The standard InChI is InChI=1S/C6H2Br2Cl2O2S/c7-5-3(9)1-2-4(6(5)8)13(10,11)12/h1-2H. The summed E-state index contributed by atoms with van der Waals surface area (Å²) in [5, 5.41) is 0.413. The van der Waals surface area contributed by atoms with Crippen LogP contribution in [-0.4, -0.2) is 8.42 Å². The van der Waals surface area contributed by atoms with E-state index in [-0.39, 0.29) is 4.90 Å². The average molecular weight is 369 g/mol. The molecule has 0 fully saturated rings. The lowest BCUT2D eigenvalue weighted by atomic mass is 10.4. The van der Waals surface area contributed by atoms with Gasteiger partial charge in [-0.2, -0.15) is 0 Å². The topological polar surface area (TPSA) is 34.1 Å². The first-order valence-corrected chi connectivity index (χ1v) is 7.19. The number of hydrogen-bond donors (Lipinski definition) is 0. The van der Waals surface area contributed by atoms with Crippen molar-refractivity contribution in [1.82, 2.24) is 0 Å². The smallest absolute Gasteiger partial charge is 0.207 e. The van der Waals surface area contributed by atoms with E-state index in [1.807, 2.05) is 0 Å². The molecule has 1 aromatic carbocycles.